The lowest BCUT2D eigenvalue weighted by Gasteiger charge is -2.11. The largest absolute Gasteiger partial charge is 0.207 e. The van der Waals surface area contributed by atoms with E-state index in [1.165, 1.54) is 6.07 Å². The predicted molar refractivity (Wildman–Crippen MR) is 77.9 cm³/mol. The number of hydrogen-bond acceptors (Lipinski definition) is 0. The standard InChI is InChI=1S/C14H10BrCl2F/c15-10-3-1-2-9(6-10)7-13(17)12-5-4-11(16)8-14(12)18/h1-6,8,13H,7H2. The van der Waals surface area contributed by atoms with Crippen molar-refractivity contribution < 1.29 is 4.39 Å². The molecule has 1 unspecified atom stereocenters. The number of rotatable bonds is 3. The normalized spacial score (nSPS) is 12.4. The van der Waals surface area contributed by atoms with Gasteiger partial charge in [0.15, 0.2) is 0 Å². The van der Waals surface area contributed by atoms with Crippen LogP contribution in [0.15, 0.2) is 46.9 Å². The van der Waals surface area contributed by atoms with Crippen molar-refractivity contribution in [1.29, 1.82) is 0 Å². The molecule has 0 saturated heterocycles. The van der Waals surface area contributed by atoms with E-state index >= 15 is 0 Å². The van der Waals surface area contributed by atoms with Gasteiger partial charge in [-0.1, -0.05) is 45.7 Å². The summed E-state index contributed by atoms with van der Waals surface area (Å²) < 4.78 is 14.7. The molecule has 2 rings (SSSR count). The topological polar surface area (TPSA) is 0 Å². The minimum Gasteiger partial charge on any atom is -0.207 e. The Bertz CT molecular complexity index is 557. The first kappa shape index (κ1) is 13.9. The molecular formula is C14H10BrCl2F. The highest BCUT2D eigenvalue weighted by Gasteiger charge is 2.14. The Hall–Kier alpha value is -0.570. The van der Waals surface area contributed by atoms with Crippen LogP contribution in [0.3, 0.4) is 0 Å². The molecular weight excluding hydrogens is 338 g/mol. The first-order valence-electron chi connectivity index (χ1n) is 5.40. The molecule has 0 amide bonds. The fourth-order valence-corrected chi connectivity index (χ4v) is 2.70. The maximum atomic E-state index is 13.7. The Morgan fingerprint density at radius 1 is 1.17 bits per heavy atom. The van der Waals surface area contributed by atoms with Crippen LogP contribution < -0.4 is 0 Å². The minimum atomic E-state index is -0.406. The van der Waals surface area contributed by atoms with Gasteiger partial charge in [0.05, 0.1) is 5.38 Å². The minimum absolute atomic E-state index is 0.363. The Kier molecular flexibility index (Phi) is 4.66. The maximum Gasteiger partial charge on any atom is 0.129 e. The summed E-state index contributed by atoms with van der Waals surface area (Å²) in [5.74, 6) is -0.363. The molecule has 0 radical (unpaired) electrons. The van der Waals surface area contributed by atoms with Crippen LogP contribution in [-0.2, 0) is 6.42 Å². The molecule has 0 N–H and O–H groups in total. The van der Waals surface area contributed by atoms with E-state index in [4.69, 9.17) is 23.2 Å². The summed E-state index contributed by atoms with van der Waals surface area (Å²) in [6.07, 6.45) is 0.569. The molecule has 0 heterocycles. The number of benzene rings is 2. The third kappa shape index (κ3) is 3.47. The summed E-state index contributed by atoms with van der Waals surface area (Å²) in [6.45, 7) is 0. The summed E-state index contributed by atoms with van der Waals surface area (Å²) in [5, 5.41) is -0.0286. The van der Waals surface area contributed by atoms with Gasteiger partial charge in [-0.15, -0.1) is 11.6 Å². The lowest BCUT2D eigenvalue weighted by atomic mass is 10.0. The van der Waals surface area contributed by atoms with E-state index in [0.29, 0.717) is 17.0 Å². The van der Waals surface area contributed by atoms with Crippen molar-refractivity contribution in [2.45, 2.75) is 11.8 Å². The van der Waals surface area contributed by atoms with E-state index in [-0.39, 0.29) is 5.82 Å². The molecule has 0 fully saturated rings. The SMILES string of the molecule is Fc1cc(Cl)ccc1C(Cl)Cc1cccc(Br)c1. The molecule has 4 heteroatoms. The number of alkyl halides is 1. The van der Waals surface area contributed by atoms with Gasteiger partial charge in [-0.3, -0.25) is 0 Å². The van der Waals surface area contributed by atoms with Crippen molar-refractivity contribution in [1.82, 2.24) is 0 Å². The van der Waals surface area contributed by atoms with Gasteiger partial charge >= 0.3 is 0 Å². The van der Waals surface area contributed by atoms with Crippen molar-refractivity contribution in [3.63, 3.8) is 0 Å². The van der Waals surface area contributed by atoms with E-state index in [1.807, 2.05) is 24.3 Å². The summed E-state index contributed by atoms with van der Waals surface area (Å²) in [6, 6.07) is 12.4. The van der Waals surface area contributed by atoms with Crippen LogP contribution in [0.5, 0.6) is 0 Å². The third-order valence-corrected chi connectivity index (χ3v) is 3.72. The van der Waals surface area contributed by atoms with Gasteiger partial charge in [0.2, 0.25) is 0 Å². The summed E-state index contributed by atoms with van der Waals surface area (Å²) in [7, 11) is 0. The second-order valence-corrected chi connectivity index (χ2v) is 5.85. The fourth-order valence-electron chi connectivity index (χ4n) is 1.74. The van der Waals surface area contributed by atoms with Crippen LogP contribution in [0.1, 0.15) is 16.5 Å². The Morgan fingerprint density at radius 2 is 1.94 bits per heavy atom. The molecule has 0 aliphatic heterocycles. The van der Waals surface area contributed by atoms with Crippen molar-refractivity contribution in [2.75, 3.05) is 0 Å². The van der Waals surface area contributed by atoms with E-state index < -0.39 is 5.38 Å². The Balaban J connectivity index is 2.19. The Morgan fingerprint density at radius 3 is 2.61 bits per heavy atom. The molecule has 0 saturated carbocycles. The third-order valence-electron chi connectivity index (χ3n) is 2.60. The molecule has 0 aliphatic carbocycles. The first-order valence-corrected chi connectivity index (χ1v) is 7.00. The van der Waals surface area contributed by atoms with E-state index in [1.54, 1.807) is 12.1 Å². The molecule has 18 heavy (non-hydrogen) atoms. The van der Waals surface area contributed by atoms with Crippen molar-refractivity contribution in [3.05, 3.63) is 68.9 Å². The molecule has 2 aromatic rings. The zero-order chi connectivity index (χ0) is 13.1. The van der Waals surface area contributed by atoms with E-state index in [9.17, 15) is 4.39 Å². The van der Waals surface area contributed by atoms with Gasteiger partial charge < -0.3 is 0 Å². The number of halogens is 4. The molecule has 94 valence electrons. The lowest BCUT2D eigenvalue weighted by Crippen LogP contribution is -1.99. The second-order valence-electron chi connectivity index (χ2n) is 3.97. The smallest absolute Gasteiger partial charge is 0.129 e. The molecule has 0 aromatic heterocycles. The van der Waals surface area contributed by atoms with E-state index in [2.05, 4.69) is 15.9 Å². The van der Waals surface area contributed by atoms with Gasteiger partial charge in [-0.05, 0) is 36.2 Å². The van der Waals surface area contributed by atoms with Crippen LogP contribution in [0.4, 0.5) is 4.39 Å². The van der Waals surface area contributed by atoms with Crippen molar-refractivity contribution >= 4 is 39.1 Å². The van der Waals surface area contributed by atoms with Gasteiger partial charge in [-0.2, -0.15) is 0 Å². The molecule has 0 aliphatic rings. The fraction of sp³-hybridized carbons (Fsp3) is 0.143. The van der Waals surface area contributed by atoms with Crippen LogP contribution in [0.25, 0.3) is 0 Å². The molecule has 0 nitrogen and oxygen atoms in total. The van der Waals surface area contributed by atoms with Crippen LogP contribution in [0.2, 0.25) is 5.02 Å². The van der Waals surface area contributed by atoms with Gasteiger partial charge in [-0.25, -0.2) is 4.39 Å². The van der Waals surface area contributed by atoms with Gasteiger partial charge in [0.25, 0.3) is 0 Å². The highest BCUT2D eigenvalue weighted by atomic mass is 79.9. The second kappa shape index (κ2) is 6.05. The first-order chi connectivity index (χ1) is 8.56. The summed E-state index contributed by atoms with van der Waals surface area (Å²) in [4.78, 5) is 0. The predicted octanol–water partition coefficient (Wildman–Crippen LogP) is 5.76. The molecule has 2 aromatic carbocycles. The van der Waals surface area contributed by atoms with Gasteiger partial charge in [0, 0.05) is 15.1 Å². The average Bonchev–Trinajstić information content (AvgIpc) is 2.28. The van der Waals surface area contributed by atoms with Crippen molar-refractivity contribution in [2.24, 2.45) is 0 Å². The monoisotopic (exact) mass is 346 g/mol. The highest BCUT2D eigenvalue weighted by molar-refractivity contribution is 9.10. The summed E-state index contributed by atoms with van der Waals surface area (Å²) in [5.41, 5.74) is 1.53. The van der Waals surface area contributed by atoms with Gasteiger partial charge in [0.1, 0.15) is 5.82 Å². The Labute approximate surface area is 124 Å². The lowest BCUT2D eigenvalue weighted by molar-refractivity contribution is 0.606. The molecule has 0 bridgehead atoms. The van der Waals surface area contributed by atoms with E-state index in [0.717, 1.165) is 10.0 Å². The zero-order valence-corrected chi connectivity index (χ0v) is 12.4. The van der Waals surface area contributed by atoms with Crippen LogP contribution in [0, 0.1) is 5.82 Å². The zero-order valence-electron chi connectivity index (χ0n) is 9.34. The van der Waals surface area contributed by atoms with Crippen molar-refractivity contribution in [3.8, 4) is 0 Å². The van der Waals surface area contributed by atoms with Crippen LogP contribution in [-0.4, -0.2) is 0 Å². The molecule has 0 spiro atoms. The quantitative estimate of drug-likeness (QED) is 0.619. The average molecular weight is 348 g/mol. The maximum absolute atomic E-state index is 13.7. The number of hydrogen-bond donors (Lipinski definition) is 0. The van der Waals surface area contributed by atoms with Crippen LogP contribution >= 0.6 is 39.1 Å². The molecule has 1 atom stereocenters. The summed E-state index contributed by atoms with van der Waals surface area (Å²) >= 11 is 15.4. The highest BCUT2D eigenvalue weighted by Crippen LogP contribution is 2.29.